The summed E-state index contributed by atoms with van der Waals surface area (Å²) in [6.45, 7) is 4.34. The molecule has 0 aliphatic heterocycles. The zero-order valence-corrected chi connectivity index (χ0v) is 13.1. The molecule has 0 spiro atoms. The number of hydrogen-bond donors (Lipinski definition) is 1. The van der Waals surface area contributed by atoms with Gasteiger partial charge in [0.15, 0.2) is 10.4 Å². The molecule has 0 saturated heterocycles. The van der Waals surface area contributed by atoms with E-state index in [4.69, 9.17) is 17.0 Å². The van der Waals surface area contributed by atoms with E-state index in [0.717, 1.165) is 16.9 Å². The molecule has 1 aromatic carbocycles. The standard InChI is InChI=1S/C16H17N3OS/c1-10(2)11-6-4-5-7-13(11)19-15-12(17-16(19)21)8-9-14(18-15)20-3/h4-10H,1-3H3,(H,17,21). The van der Waals surface area contributed by atoms with Crippen LogP contribution in [0.2, 0.25) is 0 Å². The van der Waals surface area contributed by atoms with Crippen molar-refractivity contribution >= 4 is 23.4 Å². The van der Waals surface area contributed by atoms with E-state index in [1.165, 1.54) is 5.56 Å². The Balaban J connectivity index is 2.35. The van der Waals surface area contributed by atoms with Gasteiger partial charge in [0.25, 0.3) is 0 Å². The number of methoxy groups -OCH3 is 1. The third-order valence-corrected chi connectivity index (χ3v) is 3.80. The molecule has 0 aliphatic rings. The highest BCUT2D eigenvalue weighted by atomic mass is 32.1. The van der Waals surface area contributed by atoms with Gasteiger partial charge in [0.1, 0.15) is 0 Å². The molecule has 0 radical (unpaired) electrons. The maximum absolute atomic E-state index is 5.49. The Morgan fingerprint density at radius 2 is 1.95 bits per heavy atom. The molecule has 5 heteroatoms. The Labute approximate surface area is 128 Å². The SMILES string of the molecule is COc1ccc2[nH]c(=S)n(-c3ccccc3C(C)C)c2n1. The molecule has 0 saturated carbocycles. The number of aromatic nitrogens is 3. The maximum atomic E-state index is 5.49. The largest absolute Gasteiger partial charge is 0.481 e. The van der Waals surface area contributed by atoms with Gasteiger partial charge in [-0.1, -0.05) is 32.0 Å². The second-order valence-corrected chi connectivity index (χ2v) is 5.59. The van der Waals surface area contributed by atoms with Gasteiger partial charge < -0.3 is 9.72 Å². The molecule has 0 fully saturated rings. The van der Waals surface area contributed by atoms with Crippen molar-refractivity contribution in [1.82, 2.24) is 14.5 Å². The minimum atomic E-state index is 0.402. The number of nitrogens with zero attached hydrogens (tertiary/aromatic N) is 2. The number of ether oxygens (including phenoxy) is 1. The van der Waals surface area contributed by atoms with Crippen LogP contribution in [0.5, 0.6) is 5.88 Å². The highest BCUT2D eigenvalue weighted by Crippen LogP contribution is 2.27. The topological polar surface area (TPSA) is 42.8 Å². The number of rotatable bonds is 3. The van der Waals surface area contributed by atoms with Crippen molar-refractivity contribution in [2.45, 2.75) is 19.8 Å². The van der Waals surface area contributed by atoms with Crippen LogP contribution in [0.3, 0.4) is 0 Å². The van der Waals surface area contributed by atoms with E-state index in [1.54, 1.807) is 7.11 Å². The van der Waals surface area contributed by atoms with Crippen LogP contribution in [0.25, 0.3) is 16.9 Å². The van der Waals surface area contributed by atoms with E-state index >= 15 is 0 Å². The van der Waals surface area contributed by atoms with Gasteiger partial charge in [0.2, 0.25) is 5.88 Å². The second-order valence-electron chi connectivity index (χ2n) is 5.20. The smallest absolute Gasteiger partial charge is 0.215 e. The molecule has 2 heterocycles. The summed E-state index contributed by atoms with van der Waals surface area (Å²) < 4.78 is 7.84. The van der Waals surface area contributed by atoms with Gasteiger partial charge in [-0.05, 0) is 35.8 Å². The quantitative estimate of drug-likeness (QED) is 0.736. The first kappa shape index (κ1) is 13.8. The Morgan fingerprint density at radius 1 is 1.19 bits per heavy atom. The summed E-state index contributed by atoms with van der Waals surface area (Å²) in [4.78, 5) is 7.74. The van der Waals surface area contributed by atoms with E-state index in [2.05, 4.69) is 35.9 Å². The fourth-order valence-corrected chi connectivity index (χ4v) is 2.78. The fraction of sp³-hybridized carbons (Fsp3) is 0.250. The van der Waals surface area contributed by atoms with E-state index in [-0.39, 0.29) is 0 Å². The number of benzene rings is 1. The molecule has 1 N–H and O–H groups in total. The Bertz CT molecular complexity index is 848. The maximum Gasteiger partial charge on any atom is 0.215 e. The number of imidazole rings is 1. The minimum Gasteiger partial charge on any atom is -0.481 e. The molecular formula is C16H17N3OS. The number of pyridine rings is 1. The third-order valence-electron chi connectivity index (χ3n) is 3.51. The molecule has 0 atom stereocenters. The van der Waals surface area contributed by atoms with Crippen molar-refractivity contribution in [1.29, 1.82) is 0 Å². The highest BCUT2D eigenvalue weighted by molar-refractivity contribution is 7.71. The monoisotopic (exact) mass is 299 g/mol. The van der Waals surface area contributed by atoms with Crippen molar-refractivity contribution in [2.24, 2.45) is 0 Å². The molecular weight excluding hydrogens is 282 g/mol. The fourth-order valence-electron chi connectivity index (χ4n) is 2.48. The molecule has 0 bridgehead atoms. The average Bonchev–Trinajstić information content (AvgIpc) is 2.81. The third kappa shape index (κ3) is 2.34. The van der Waals surface area contributed by atoms with Gasteiger partial charge in [-0.2, -0.15) is 4.98 Å². The van der Waals surface area contributed by atoms with E-state index in [0.29, 0.717) is 16.6 Å². The molecule has 0 unspecified atom stereocenters. The van der Waals surface area contributed by atoms with Crippen LogP contribution >= 0.6 is 12.2 Å². The second kappa shape index (κ2) is 5.33. The summed E-state index contributed by atoms with van der Waals surface area (Å²) >= 11 is 5.49. The summed E-state index contributed by atoms with van der Waals surface area (Å²) in [6, 6.07) is 12.0. The number of hydrogen-bond acceptors (Lipinski definition) is 3. The van der Waals surface area contributed by atoms with Crippen molar-refractivity contribution in [2.75, 3.05) is 7.11 Å². The lowest BCUT2D eigenvalue weighted by atomic mass is 10.0. The lowest BCUT2D eigenvalue weighted by molar-refractivity contribution is 0.399. The molecule has 0 amide bonds. The van der Waals surface area contributed by atoms with Crippen molar-refractivity contribution in [3.05, 3.63) is 46.7 Å². The molecule has 108 valence electrons. The Kier molecular flexibility index (Phi) is 3.51. The van der Waals surface area contributed by atoms with Crippen molar-refractivity contribution < 1.29 is 4.74 Å². The number of H-pyrrole nitrogens is 1. The number of aromatic amines is 1. The predicted octanol–water partition coefficient (Wildman–Crippen LogP) is 4.22. The Morgan fingerprint density at radius 3 is 2.67 bits per heavy atom. The van der Waals surface area contributed by atoms with Crippen molar-refractivity contribution in [3.8, 4) is 11.6 Å². The molecule has 3 rings (SSSR count). The van der Waals surface area contributed by atoms with Gasteiger partial charge in [0.05, 0.1) is 18.3 Å². The Hall–Kier alpha value is -2.14. The minimum absolute atomic E-state index is 0.402. The first-order valence-electron chi connectivity index (χ1n) is 6.87. The van der Waals surface area contributed by atoms with E-state index in [1.807, 2.05) is 28.8 Å². The molecule has 4 nitrogen and oxygen atoms in total. The first-order chi connectivity index (χ1) is 10.1. The molecule has 0 aliphatic carbocycles. The van der Waals surface area contributed by atoms with Crippen LogP contribution in [0, 0.1) is 4.77 Å². The van der Waals surface area contributed by atoms with Gasteiger partial charge in [-0.3, -0.25) is 4.57 Å². The summed E-state index contributed by atoms with van der Waals surface area (Å²) in [6.07, 6.45) is 0. The predicted molar refractivity (Wildman–Crippen MR) is 86.9 cm³/mol. The molecule has 21 heavy (non-hydrogen) atoms. The summed E-state index contributed by atoms with van der Waals surface area (Å²) in [7, 11) is 1.61. The van der Waals surface area contributed by atoms with Gasteiger partial charge in [0, 0.05) is 6.07 Å². The van der Waals surface area contributed by atoms with Crippen LogP contribution in [0.4, 0.5) is 0 Å². The lowest BCUT2D eigenvalue weighted by Gasteiger charge is -2.13. The highest BCUT2D eigenvalue weighted by Gasteiger charge is 2.13. The van der Waals surface area contributed by atoms with E-state index < -0.39 is 0 Å². The van der Waals surface area contributed by atoms with Crippen LogP contribution in [-0.4, -0.2) is 21.6 Å². The number of para-hydroxylation sites is 1. The summed E-state index contributed by atoms with van der Waals surface area (Å²) in [5, 5.41) is 0. The lowest BCUT2D eigenvalue weighted by Crippen LogP contribution is -2.02. The summed E-state index contributed by atoms with van der Waals surface area (Å²) in [5.41, 5.74) is 3.98. The van der Waals surface area contributed by atoms with Crippen LogP contribution in [-0.2, 0) is 0 Å². The molecule has 2 aromatic heterocycles. The van der Waals surface area contributed by atoms with Crippen LogP contribution in [0.15, 0.2) is 36.4 Å². The van der Waals surface area contributed by atoms with Gasteiger partial charge in [-0.15, -0.1) is 0 Å². The number of fused-ring (bicyclic) bond motifs is 1. The van der Waals surface area contributed by atoms with E-state index in [9.17, 15) is 0 Å². The van der Waals surface area contributed by atoms with Gasteiger partial charge in [-0.25, -0.2) is 0 Å². The summed E-state index contributed by atoms with van der Waals surface area (Å²) in [5.74, 6) is 0.978. The van der Waals surface area contributed by atoms with Gasteiger partial charge >= 0.3 is 0 Å². The normalized spacial score (nSPS) is 11.2. The zero-order chi connectivity index (χ0) is 15.0. The zero-order valence-electron chi connectivity index (χ0n) is 12.3. The first-order valence-corrected chi connectivity index (χ1v) is 7.27. The molecule has 3 aromatic rings. The number of nitrogens with one attached hydrogen (secondary N) is 1. The average molecular weight is 299 g/mol. The van der Waals surface area contributed by atoms with Crippen molar-refractivity contribution in [3.63, 3.8) is 0 Å². The van der Waals surface area contributed by atoms with Crippen LogP contribution < -0.4 is 4.74 Å². The van der Waals surface area contributed by atoms with Crippen LogP contribution in [0.1, 0.15) is 25.3 Å².